The van der Waals surface area contributed by atoms with Crippen molar-refractivity contribution < 1.29 is 10.2 Å². The molecule has 0 saturated carbocycles. The fraction of sp³-hybridized carbons (Fsp3) is 0. The van der Waals surface area contributed by atoms with Crippen molar-refractivity contribution in [2.24, 2.45) is 0 Å². The summed E-state index contributed by atoms with van der Waals surface area (Å²) in [6, 6.07) is 2.61. The molecular formula is C9H6BrNO3. The van der Waals surface area contributed by atoms with Crippen LogP contribution < -0.4 is 5.43 Å². The highest BCUT2D eigenvalue weighted by atomic mass is 79.9. The molecular weight excluding hydrogens is 250 g/mol. The van der Waals surface area contributed by atoms with E-state index in [-0.39, 0.29) is 27.8 Å². The molecule has 0 atom stereocenters. The molecule has 0 spiro atoms. The number of aromatic nitrogens is 1. The lowest BCUT2D eigenvalue weighted by atomic mass is 10.2. The zero-order chi connectivity index (χ0) is 10.3. The van der Waals surface area contributed by atoms with Gasteiger partial charge in [-0.05, 0) is 15.9 Å². The number of benzene rings is 1. The number of halogens is 1. The molecule has 5 heteroatoms. The highest BCUT2D eigenvalue weighted by molar-refractivity contribution is 9.10. The van der Waals surface area contributed by atoms with Gasteiger partial charge in [-0.1, -0.05) is 0 Å². The molecule has 4 nitrogen and oxygen atoms in total. The van der Waals surface area contributed by atoms with Crippen LogP contribution in [0.5, 0.6) is 11.5 Å². The number of aromatic hydroxyl groups is 2. The van der Waals surface area contributed by atoms with Gasteiger partial charge < -0.3 is 15.2 Å². The van der Waals surface area contributed by atoms with Crippen molar-refractivity contribution in [3.05, 3.63) is 33.0 Å². The molecule has 1 aromatic carbocycles. The van der Waals surface area contributed by atoms with E-state index in [4.69, 9.17) is 0 Å². The van der Waals surface area contributed by atoms with E-state index in [2.05, 4.69) is 20.9 Å². The minimum atomic E-state index is -0.340. The van der Waals surface area contributed by atoms with Crippen molar-refractivity contribution in [3.63, 3.8) is 0 Å². The average molecular weight is 256 g/mol. The Morgan fingerprint density at radius 1 is 1.36 bits per heavy atom. The highest BCUT2D eigenvalue weighted by Gasteiger charge is 2.11. The summed E-state index contributed by atoms with van der Waals surface area (Å²) in [5.74, 6) is -0.248. The van der Waals surface area contributed by atoms with Crippen LogP contribution in [0.15, 0.2) is 27.6 Å². The lowest BCUT2D eigenvalue weighted by Gasteiger charge is -2.04. The smallest absolute Gasteiger partial charge is 0.193 e. The van der Waals surface area contributed by atoms with E-state index in [0.717, 1.165) is 0 Å². The Hall–Kier alpha value is -1.49. The molecule has 0 aliphatic heterocycles. The normalized spacial score (nSPS) is 10.6. The van der Waals surface area contributed by atoms with Crippen LogP contribution in [0.25, 0.3) is 10.9 Å². The van der Waals surface area contributed by atoms with Gasteiger partial charge in [0.05, 0.1) is 15.4 Å². The fourth-order valence-electron chi connectivity index (χ4n) is 1.30. The molecule has 0 aliphatic carbocycles. The van der Waals surface area contributed by atoms with Gasteiger partial charge >= 0.3 is 0 Å². The first-order valence-corrected chi connectivity index (χ1v) is 4.62. The Balaban J connectivity index is 3.11. The second kappa shape index (κ2) is 3.02. The minimum absolute atomic E-state index is 0.0811. The maximum absolute atomic E-state index is 11.4. The van der Waals surface area contributed by atoms with Crippen molar-refractivity contribution in [1.29, 1.82) is 0 Å². The molecule has 1 heterocycles. The molecule has 0 bridgehead atoms. The third-order valence-corrected chi connectivity index (χ3v) is 2.55. The number of hydrogen-bond donors (Lipinski definition) is 3. The quantitative estimate of drug-likeness (QED) is 0.628. The Bertz CT molecular complexity index is 562. The van der Waals surface area contributed by atoms with Crippen LogP contribution >= 0.6 is 15.9 Å². The van der Waals surface area contributed by atoms with Gasteiger partial charge in [-0.15, -0.1) is 0 Å². The number of phenolic OH excluding ortho intramolecular Hbond substituents is 2. The Morgan fingerprint density at radius 2 is 2.07 bits per heavy atom. The minimum Gasteiger partial charge on any atom is -0.506 e. The van der Waals surface area contributed by atoms with E-state index in [0.29, 0.717) is 4.47 Å². The molecule has 1 aromatic heterocycles. The zero-order valence-corrected chi connectivity index (χ0v) is 8.50. The summed E-state index contributed by atoms with van der Waals surface area (Å²) in [6.45, 7) is 0. The van der Waals surface area contributed by atoms with Crippen LogP contribution in [0.3, 0.4) is 0 Å². The van der Waals surface area contributed by atoms with Crippen molar-refractivity contribution >= 4 is 26.8 Å². The monoisotopic (exact) mass is 255 g/mol. The third-order valence-electron chi connectivity index (χ3n) is 1.94. The van der Waals surface area contributed by atoms with Gasteiger partial charge in [0.25, 0.3) is 0 Å². The Morgan fingerprint density at radius 3 is 2.79 bits per heavy atom. The van der Waals surface area contributed by atoms with Crippen LogP contribution in [0, 0.1) is 0 Å². The van der Waals surface area contributed by atoms with E-state index in [9.17, 15) is 15.0 Å². The number of phenols is 2. The number of pyridine rings is 1. The summed E-state index contributed by atoms with van der Waals surface area (Å²) in [7, 11) is 0. The van der Waals surface area contributed by atoms with Gasteiger partial charge in [0, 0.05) is 18.3 Å². The van der Waals surface area contributed by atoms with Gasteiger partial charge in [0.2, 0.25) is 0 Å². The highest BCUT2D eigenvalue weighted by Crippen LogP contribution is 2.35. The third kappa shape index (κ3) is 1.17. The summed E-state index contributed by atoms with van der Waals surface area (Å²) in [4.78, 5) is 14.1. The molecule has 3 N–H and O–H groups in total. The maximum atomic E-state index is 11.4. The van der Waals surface area contributed by atoms with E-state index in [1.807, 2.05) is 0 Å². The predicted octanol–water partition coefficient (Wildman–Crippen LogP) is 1.70. The first-order valence-electron chi connectivity index (χ1n) is 3.83. The first kappa shape index (κ1) is 9.08. The maximum Gasteiger partial charge on any atom is 0.193 e. The van der Waals surface area contributed by atoms with Gasteiger partial charge in [0.1, 0.15) is 11.5 Å². The zero-order valence-electron chi connectivity index (χ0n) is 6.91. The van der Waals surface area contributed by atoms with Crippen molar-refractivity contribution in [1.82, 2.24) is 4.98 Å². The summed E-state index contributed by atoms with van der Waals surface area (Å²) in [5.41, 5.74) is -0.106. The number of H-pyrrole nitrogens is 1. The summed E-state index contributed by atoms with van der Waals surface area (Å²) >= 11 is 3.04. The van der Waals surface area contributed by atoms with Gasteiger partial charge in [-0.2, -0.15) is 0 Å². The van der Waals surface area contributed by atoms with Crippen LogP contribution in [-0.4, -0.2) is 15.2 Å². The summed E-state index contributed by atoms with van der Waals surface area (Å²) in [5, 5.41) is 19.2. The number of nitrogens with one attached hydrogen (secondary N) is 1. The predicted molar refractivity (Wildman–Crippen MR) is 55.6 cm³/mol. The van der Waals surface area contributed by atoms with Crippen molar-refractivity contribution in [3.8, 4) is 11.5 Å². The average Bonchev–Trinajstić information content (AvgIpc) is 2.14. The topological polar surface area (TPSA) is 73.3 Å². The molecule has 0 unspecified atom stereocenters. The van der Waals surface area contributed by atoms with E-state index in [1.165, 1.54) is 18.3 Å². The lowest BCUT2D eigenvalue weighted by Crippen LogP contribution is -2.00. The van der Waals surface area contributed by atoms with Gasteiger partial charge in [-0.25, -0.2) is 0 Å². The summed E-state index contributed by atoms with van der Waals surface area (Å²) in [6.07, 6.45) is 1.41. The van der Waals surface area contributed by atoms with Crippen LogP contribution in [0.1, 0.15) is 0 Å². The fourth-order valence-corrected chi connectivity index (χ4v) is 1.71. The first-order chi connectivity index (χ1) is 6.61. The van der Waals surface area contributed by atoms with E-state index in [1.54, 1.807) is 0 Å². The largest absolute Gasteiger partial charge is 0.506 e. The van der Waals surface area contributed by atoms with E-state index >= 15 is 0 Å². The number of aromatic amines is 1. The molecule has 0 aliphatic rings. The number of rotatable bonds is 0. The molecule has 0 radical (unpaired) electrons. The second-order valence-corrected chi connectivity index (χ2v) is 3.67. The molecule has 72 valence electrons. The van der Waals surface area contributed by atoms with Crippen LogP contribution in [-0.2, 0) is 0 Å². The van der Waals surface area contributed by atoms with Crippen molar-refractivity contribution in [2.75, 3.05) is 0 Å². The Kier molecular flexibility index (Phi) is 1.96. The number of fused-ring (bicyclic) bond motifs is 1. The second-order valence-electron chi connectivity index (χ2n) is 2.82. The Labute approximate surface area is 87.0 Å². The molecule has 0 saturated heterocycles. The molecule has 14 heavy (non-hydrogen) atoms. The molecule has 0 fully saturated rings. The SMILES string of the molecule is O=c1cc[nH]c2c(O)cc(Br)c(O)c12. The van der Waals surface area contributed by atoms with Crippen LogP contribution in [0.2, 0.25) is 0 Å². The van der Waals surface area contributed by atoms with Gasteiger partial charge in [0.15, 0.2) is 5.43 Å². The number of hydrogen-bond acceptors (Lipinski definition) is 3. The summed E-state index contributed by atoms with van der Waals surface area (Å²) < 4.78 is 0.291. The molecule has 0 amide bonds. The standard InChI is InChI=1S/C9H6BrNO3/c10-4-3-6(13)8-7(9(4)14)5(12)1-2-11-8/h1-3,13-14H,(H,11,12). The molecule has 2 aromatic rings. The lowest BCUT2D eigenvalue weighted by molar-refractivity contribution is 0.465. The van der Waals surface area contributed by atoms with Crippen molar-refractivity contribution in [2.45, 2.75) is 0 Å². The van der Waals surface area contributed by atoms with Crippen LogP contribution in [0.4, 0.5) is 0 Å². The molecule has 2 rings (SSSR count). The van der Waals surface area contributed by atoms with E-state index < -0.39 is 0 Å². The van der Waals surface area contributed by atoms with Gasteiger partial charge in [-0.3, -0.25) is 4.79 Å².